The Balaban J connectivity index is 1.92. The van der Waals surface area contributed by atoms with Crippen molar-refractivity contribution in [2.45, 2.75) is 39.3 Å². The number of hydrogen-bond acceptors (Lipinski definition) is 2. The first kappa shape index (κ1) is 8.60. The zero-order chi connectivity index (χ0) is 9.26. The average molecular weight is 179 g/mol. The van der Waals surface area contributed by atoms with Crippen LogP contribution in [0.2, 0.25) is 0 Å². The Morgan fingerprint density at radius 1 is 1.69 bits per heavy atom. The Morgan fingerprint density at radius 2 is 2.46 bits per heavy atom. The monoisotopic (exact) mass is 179 g/mol. The Hall–Kier alpha value is -0.990. The lowest BCUT2D eigenvalue weighted by Crippen LogP contribution is -2.16. The van der Waals surface area contributed by atoms with E-state index in [9.17, 15) is 0 Å². The van der Waals surface area contributed by atoms with Crippen molar-refractivity contribution in [2.75, 3.05) is 5.32 Å². The fraction of sp³-hybridized carbons (Fsp3) is 0.700. The Morgan fingerprint density at radius 3 is 3.00 bits per heavy atom. The van der Waals surface area contributed by atoms with Gasteiger partial charge in [0.1, 0.15) is 0 Å². The average Bonchev–Trinajstić information content (AvgIpc) is 2.88. The van der Waals surface area contributed by atoms with Crippen molar-refractivity contribution >= 4 is 5.69 Å². The standard InChI is InChI=1S/C10H17N3/c1-3-13-7-10(6-11-13)12-8(2)9-4-5-9/h6-9,12H,3-5H2,1-2H3. The first-order valence-electron chi connectivity index (χ1n) is 5.08. The van der Waals surface area contributed by atoms with Gasteiger partial charge in [-0.05, 0) is 32.6 Å². The second kappa shape index (κ2) is 3.40. The summed E-state index contributed by atoms with van der Waals surface area (Å²) in [5.41, 5.74) is 1.15. The molecular weight excluding hydrogens is 162 g/mol. The van der Waals surface area contributed by atoms with Gasteiger partial charge in [-0.25, -0.2) is 0 Å². The van der Waals surface area contributed by atoms with Crippen molar-refractivity contribution in [1.82, 2.24) is 9.78 Å². The first-order valence-corrected chi connectivity index (χ1v) is 5.08. The molecule has 0 radical (unpaired) electrons. The van der Waals surface area contributed by atoms with Crippen LogP contribution in [-0.2, 0) is 6.54 Å². The molecule has 0 amide bonds. The summed E-state index contributed by atoms with van der Waals surface area (Å²) in [6, 6.07) is 0.606. The lowest BCUT2D eigenvalue weighted by atomic mass is 10.2. The molecule has 0 aliphatic heterocycles. The largest absolute Gasteiger partial charge is 0.380 e. The summed E-state index contributed by atoms with van der Waals surface area (Å²) < 4.78 is 1.95. The highest BCUT2D eigenvalue weighted by Gasteiger charge is 2.27. The van der Waals surface area contributed by atoms with Crippen molar-refractivity contribution in [3.8, 4) is 0 Å². The molecule has 0 spiro atoms. The molecule has 1 aliphatic carbocycles. The van der Waals surface area contributed by atoms with Crippen molar-refractivity contribution < 1.29 is 0 Å². The van der Waals surface area contributed by atoms with E-state index < -0.39 is 0 Å². The van der Waals surface area contributed by atoms with Crippen molar-refractivity contribution in [1.29, 1.82) is 0 Å². The van der Waals surface area contributed by atoms with Crippen LogP contribution in [0, 0.1) is 5.92 Å². The van der Waals surface area contributed by atoms with E-state index in [4.69, 9.17) is 0 Å². The van der Waals surface area contributed by atoms with E-state index in [0.717, 1.165) is 18.2 Å². The molecule has 0 aromatic carbocycles. The molecule has 72 valence electrons. The molecule has 1 saturated carbocycles. The van der Waals surface area contributed by atoms with Crippen LogP contribution in [0.3, 0.4) is 0 Å². The van der Waals surface area contributed by atoms with Crippen LogP contribution in [0.15, 0.2) is 12.4 Å². The summed E-state index contributed by atoms with van der Waals surface area (Å²) in [6.45, 7) is 5.29. The van der Waals surface area contributed by atoms with Crippen molar-refractivity contribution in [2.24, 2.45) is 5.92 Å². The molecule has 3 heteroatoms. The van der Waals surface area contributed by atoms with Crippen molar-refractivity contribution in [3.05, 3.63) is 12.4 Å². The van der Waals surface area contributed by atoms with Gasteiger partial charge in [-0.1, -0.05) is 0 Å². The predicted octanol–water partition coefficient (Wildman–Crippen LogP) is 2.11. The van der Waals surface area contributed by atoms with E-state index in [-0.39, 0.29) is 0 Å². The maximum Gasteiger partial charge on any atom is 0.0728 e. The molecule has 1 atom stereocenters. The summed E-state index contributed by atoms with van der Waals surface area (Å²) in [7, 11) is 0. The smallest absolute Gasteiger partial charge is 0.0728 e. The second-order valence-electron chi connectivity index (χ2n) is 3.86. The van der Waals surface area contributed by atoms with Gasteiger partial charge >= 0.3 is 0 Å². The van der Waals surface area contributed by atoms with Gasteiger partial charge in [-0.3, -0.25) is 4.68 Å². The van der Waals surface area contributed by atoms with E-state index in [1.54, 1.807) is 0 Å². The van der Waals surface area contributed by atoms with E-state index in [0.29, 0.717) is 6.04 Å². The molecule has 1 aliphatic rings. The van der Waals surface area contributed by atoms with Crippen LogP contribution < -0.4 is 5.32 Å². The molecule has 2 rings (SSSR count). The lowest BCUT2D eigenvalue weighted by Gasteiger charge is -2.11. The topological polar surface area (TPSA) is 29.9 Å². The van der Waals surface area contributed by atoms with Gasteiger partial charge < -0.3 is 5.32 Å². The highest BCUT2D eigenvalue weighted by Crippen LogP contribution is 2.33. The number of aromatic nitrogens is 2. The number of nitrogens with one attached hydrogen (secondary N) is 1. The normalized spacial score (nSPS) is 18.6. The summed E-state index contributed by atoms with van der Waals surface area (Å²) in [5, 5.41) is 7.70. The van der Waals surface area contributed by atoms with Crippen molar-refractivity contribution in [3.63, 3.8) is 0 Å². The van der Waals surface area contributed by atoms with Gasteiger partial charge in [-0.2, -0.15) is 5.10 Å². The minimum atomic E-state index is 0.606. The zero-order valence-corrected chi connectivity index (χ0v) is 8.33. The minimum absolute atomic E-state index is 0.606. The first-order chi connectivity index (χ1) is 6.29. The van der Waals surface area contributed by atoms with Crippen LogP contribution in [0.1, 0.15) is 26.7 Å². The summed E-state index contributed by atoms with van der Waals surface area (Å²) in [5.74, 6) is 0.893. The third-order valence-corrected chi connectivity index (χ3v) is 2.68. The van der Waals surface area contributed by atoms with Gasteiger partial charge in [0.15, 0.2) is 0 Å². The Kier molecular flexibility index (Phi) is 2.25. The van der Waals surface area contributed by atoms with Crippen LogP contribution in [0.4, 0.5) is 5.69 Å². The Bertz CT molecular complexity index is 275. The van der Waals surface area contributed by atoms with Gasteiger partial charge in [0.25, 0.3) is 0 Å². The number of nitrogens with zero attached hydrogens (tertiary/aromatic N) is 2. The number of hydrogen-bond donors (Lipinski definition) is 1. The quantitative estimate of drug-likeness (QED) is 0.767. The van der Waals surface area contributed by atoms with Crippen LogP contribution in [0.5, 0.6) is 0 Å². The predicted molar refractivity (Wildman–Crippen MR) is 53.7 cm³/mol. The maximum absolute atomic E-state index is 4.22. The highest BCUT2D eigenvalue weighted by atomic mass is 15.3. The molecule has 1 fully saturated rings. The van der Waals surface area contributed by atoms with Gasteiger partial charge in [-0.15, -0.1) is 0 Å². The summed E-state index contributed by atoms with van der Waals surface area (Å²) in [4.78, 5) is 0. The fourth-order valence-electron chi connectivity index (χ4n) is 1.59. The van der Waals surface area contributed by atoms with E-state index in [1.165, 1.54) is 12.8 Å². The molecule has 3 nitrogen and oxygen atoms in total. The molecule has 0 saturated heterocycles. The molecule has 13 heavy (non-hydrogen) atoms. The van der Waals surface area contributed by atoms with Gasteiger partial charge in [0.05, 0.1) is 11.9 Å². The van der Waals surface area contributed by atoms with Crippen LogP contribution in [0.25, 0.3) is 0 Å². The fourth-order valence-corrected chi connectivity index (χ4v) is 1.59. The van der Waals surface area contributed by atoms with Gasteiger partial charge in [0, 0.05) is 18.8 Å². The number of anilines is 1. The van der Waals surface area contributed by atoms with E-state index in [2.05, 4.69) is 30.5 Å². The summed E-state index contributed by atoms with van der Waals surface area (Å²) >= 11 is 0. The highest BCUT2D eigenvalue weighted by molar-refractivity contribution is 5.39. The van der Waals surface area contributed by atoms with E-state index >= 15 is 0 Å². The molecule has 1 aromatic heterocycles. The third kappa shape index (κ3) is 2.02. The molecule has 1 N–H and O–H groups in total. The number of rotatable bonds is 4. The van der Waals surface area contributed by atoms with Crippen LogP contribution >= 0.6 is 0 Å². The number of aryl methyl sites for hydroxylation is 1. The minimum Gasteiger partial charge on any atom is -0.380 e. The maximum atomic E-state index is 4.22. The Labute approximate surface area is 79.1 Å². The summed E-state index contributed by atoms with van der Waals surface area (Å²) in [6.07, 6.45) is 6.74. The van der Waals surface area contributed by atoms with Gasteiger partial charge in [0.2, 0.25) is 0 Å². The molecule has 1 heterocycles. The van der Waals surface area contributed by atoms with E-state index in [1.807, 2.05) is 10.9 Å². The SMILES string of the molecule is CCn1cc(NC(C)C2CC2)cn1. The van der Waals surface area contributed by atoms with Crippen LogP contribution in [-0.4, -0.2) is 15.8 Å². The molecule has 0 bridgehead atoms. The second-order valence-corrected chi connectivity index (χ2v) is 3.86. The molecular formula is C10H17N3. The third-order valence-electron chi connectivity index (χ3n) is 2.68. The zero-order valence-electron chi connectivity index (χ0n) is 8.33. The molecule has 1 aromatic rings. The molecule has 1 unspecified atom stereocenters. The lowest BCUT2D eigenvalue weighted by molar-refractivity contribution is 0.659.